The molecule has 0 saturated carbocycles. The van der Waals surface area contributed by atoms with Crippen molar-refractivity contribution < 1.29 is 4.74 Å². The number of halogens is 1. The van der Waals surface area contributed by atoms with Gasteiger partial charge in [0.1, 0.15) is 0 Å². The van der Waals surface area contributed by atoms with Gasteiger partial charge >= 0.3 is 0 Å². The van der Waals surface area contributed by atoms with Crippen LogP contribution in [0.1, 0.15) is 38.4 Å². The molecule has 2 atom stereocenters. The van der Waals surface area contributed by atoms with Gasteiger partial charge in [0.05, 0.1) is 12.7 Å². The smallest absolute Gasteiger partial charge is 0.0967 e. The van der Waals surface area contributed by atoms with E-state index in [2.05, 4.69) is 30.1 Å². The van der Waals surface area contributed by atoms with E-state index in [1.54, 1.807) is 0 Å². The van der Waals surface area contributed by atoms with Crippen molar-refractivity contribution in [2.24, 2.45) is 5.92 Å². The summed E-state index contributed by atoms with van der Waals surface area (Å²) in [5.41, 5.74) is 1.21. The molecule has 2 aliphatic rings. The van der Waals surface area contributed by atoms with E-state index in [9.17, 15) is 0 Å². The van der Waals surface area contributed by atoms with Gasteiger partial charge in [0.2, 0.25) is 0 Å². The van der Waals surface area contributed by atoms with Crippen molar-refractivity contribution in [3.8, 4) is 0 Å². The van der Waals surface area contributed by atoms with Gasteiger partial charge in [-0.15, -0.1) is 0 Å². The number of morpholine rings is 1. The van der Waals surface area contributed by atoms with Crippen molar-refractivity contribution in [1.29, 1.82) is 0 Å². The fourth-order valence-electron chi connectivity index (χ4n) is 3.53. The molecule has 122 valence electrons. The predicted octanol–water partition coefficient (Wildman–Crippen LogP) is 3.49. The first kappa shape index (κ1) is 16.3. The summed E-state index contributed by atoms with van der Waals surface area (Å²) in [5, 5.41) is 4.34. The zero-order chi connectivity index (χ0) is 15.6. The van der Waals surface area contributed by atoms with Gasteiger partial charge in [-0.2, -0.15) is 0 Å². The summed E-state index contributed by atoms with van der Waals surface area (Å²) in [6.07, 6.45) is 2.71. The van der Waals surface area contributed by atoms with Gasteiger partial charge in [0.25, 0.3) is 0 Å². The molecule has 2 aliphatic heterocycles. The standard InChI is InChI=1S/C18H27ClN2O/c1-18(2)13-22-17(15-7-3-4-8-16(15)19)12-21(18)11-14-6-5-9-20-10-14/h3-4,7-8,14,17,20H,5-6,9-13H2,1-2H3. The third-order valence-electron chi connectivity index (χ3n) is 5.01. The Morgan fingerprint density at radius 2 is 2.18 bits per heavy atom. The van der Waals surface area contributed by atoms with Gasteiger partial charge in [-0.1, -0.05) is 29.8 Å². The fourth-order valence-corrected chi connectivity index (χ4v) is 3.79. The molecule has 2 heterocycles. The monoisotopic (exact) mass is 322 g/mol. The van der Waals surface area contributed by atoms with E-state index >= 15 is 0 Å². The molecule has 1 aromatic rings. The topological polar surface area (TPSA) is 24.5 Å². The SMILES string of the molecule is CC1(C)COC(c2ccccc2Cl)CN1CC1CCCNC1. The van der Waals surface area contributed by atoms with Crippen LogP contribution >= 0.6 is 11.6 Å². The Labute approximate surface area is 139 Å². The second-order valence-corrected chi connectivity index (χ2v) is 7.66. The lowest BCUT2D eigenvalue weighted by Gasteiger charge is -2.47. The highest BCUT2D eigenvalue weighted by atomic mass is 35.5. The number of piperidine rings is 1. The molecule has 3 nitrogen and oxygen atoms in total. The largest absolute Gasteiger partial charge is 0.370 e. The number of hydrogen-bond acceptors (Lipinski definition) is 3. The fraction of sp³-hybridized carbons (Fsp3) is 0.667. The average molecular weight is 323 g/mol. The molecule has 2 saturated heterocycles. The molecule has 2 fully saturated rings. The lowest BCUT2D eigenvalue weighted by molar-refractivity contribution is -0.106. The van der Waals surface area contributed by atoms with Gasteiger partial charge in [-0.05, 0) is 51.8 Å². The van der Waals surface area contributed by atoms with Crippen LogP contribution in [0.2, 0.25) is 5.02 Å². The first-order valence-electron chi connectivity index (χ1n) is 8.38. The Bertz CT molecular complexity index is 500. The second kappa shape index (κ2) is 6.88. The maximum Gasteiger partial charge on any atom is 0.0967 e. The van der Waals surface area contributed by atoms with E-state index < -0.39 is 0 Å². The molecule has 0 amide bonds. The lowest BCUT2D eigenvalue weighted by atomic mass is 9.93. The number of ether oxygens (including phenoxy) is 1. The molecule has 4 heteroatoms. The van der Waals surface area contributed by atoms with Crippen LogP contribution in [0.3, 0.4) is 0 Å². The summed E-state index contributed by atoms with van der Waals surface area (Å²) in [6.45, 7) is 9.70. The minimum absolute atomic E-state index is 0.0817. The Balaban J connectivity index is 1.71. The number of rotatable bonds is 3. The van der Waals surface area contributed by atoms with Crippen LogP contribution in [-0.2, 0) is 4.74 Å². The van der Waals surface area contributed by atoms with Gasteiger partial charge in [0.15, 0.2) is 0 Å². The summed E-state index contributed by atoms with van der Waals surface area (Å²) in [7, 11) is 0. The van der Waals surface area contributed by atoms with E-state index in [1.807, 2.05) is 18.2 Å². The van der Waals surface area contributed by atoms with Crippen LogP contribution in [0.5, 0.6) is 0 Å². The highest BCUT2D eigenvalue weighted by molar-refractivity contribution is 6.31. The van der Waals surface area contributed by atoms with E-state index in [4.69, 9.17) is 16.3 Å². The van der Waals surface area contributed by atoms with Crippen LogP contribution in [-0.4, -0.2) is 43.2 Å². The van der Waals surface area contributed by atoms with Gasteiger partial charge in [-0.3, -0.25) is 4.90 Å². The summed E-state index contributed by atoms with van der Waals surface area (Å²) < 4.78 is 6.14. The van der Waals surface area contributed by atoms with E-state index in [-0.39, 0.29) is 11.6 Å². The maximum atomic E-state index is 6.36. The summed E-state index contributed by atoms with van der Waals surface area (Å²) in [5.74, 6) is 0.748. The predicted molar refractivity (Wildman–Crippen MR) is 91.4 cm³/mol. The van der Waals surface area contributed by atoms with Gasteiger partial charge < -0.3 is 10.1 Å². The molecule has 3 rings (SSSR count). The Kier molecular flexibility index (Phi) is 5.08. The quantitative estimate of drug-likeness (QED) is 0.922. The summed E-state index contributed by atoms with van der Waals surface area (Å²) in [4.78, 5) is 2.60. The molecular weight excluding hydrogens is 296 g/mol. The molecule has 2 unspecified atom stereocenters. The average Bonchev–Trinajstić information content (AvgIpc) is 2.51. The highest BCUT2D eigenvalue weighted by Gasteiger charge is 2.37. The van der Waals surface area contributed by atoms with Crippen molar-refractivity contribution in [2.75, 3.05) is 32.8 Å². The normalized spacial score (nSPS) is 29.4. The van der Waals surface area contributed by atoms with Crippen LogP contribution in [0.15, 0.2) is 24.3 Å². The van der Waals surface area contributed by atoms with Crippen molar-refractivity contribution in [3.63, 3.8) is 0 Å². The zero-order valence-corrected chi connectivity index (χ0v) is 14.4. The lowest BCUT2D eigenvalue weighted by Crippen LogP contribution is -2.56. The van der Waals surface area contributed by atoms with Gasteiger partial charge in [-0.25, -0.2) is 0 Å². The van der Waals surface area contributed by atoms with Gasteiger partial charge in [0, 0.05) is 29.2 Å². The molecular formula is C18H27ClN2O. The molecule has 22 heavy (non-hydrogen) atoms. The van der Waals surface area contributed by atoms with Crippen molar-refractivity contribution in [1.82, 2.24) is 10.2 Å². The highest BCUT2D eigenvalue weighted by Crippen LogP contribution is 2.34. The van der Waals surface area contributed by atoms with Crippen molar-refractivity contribution in [3.05, 3.63) is 34.9 Å². The Morgan fingerprint density at radius 3 is 2.91 bits per heavy atom. The molecule has 0 aliphatic carbocycles. The minimum Gasteiger partial charge on any atom is -0.370 e. The summed E-state index contributed by atoms with van der Waals surface area (Å²) >= 11 is 6.36. The third-order valence-corrected chi connectivity index (χ3v) is 5.35. The Hall–Kier alpha value is -0.610. The number of nitrogens with zero attached hydrogens (tertiary/aromatic N) is 1. The summed E-state index contributed by atoms with van der Waals surface area (Å²) in [6, 6.07) is 8.06. The molecule has 0 aromatic heterocycles. The van der Waals surface area contributed by atoms with Crippen LogP contribution in [0.4, 0.5) is 0 Å². The maximum absolute atomic E-state index is 6.36. The molecule has 0 spiro atoms. The van der Waals surface area contributed by atoms with E-state index in [0.717, 1.165) is 42.7 Å². The minimum atomic E-state index is 0.0817. The zero-order valence-electron chi connectivity index (χ0n) is 13.6. The number of hydrogen-bond donors (Lipinski definition) is 1. The second-order valence-electron chi connectivity index (χ2n) is 7.25. The van der Waals surface area contributed by atoms with E-state index in [1.165, 1.54) is 19.4 Å². The van der Waals surface area contributed by atoms with Crippen LogP contribution in [0, 0.1) is 5.92 Å². The number of nitrogens with one attached hydrogen (secondary N) is 1. The first-order chi connectivity index (χ1) is 10.6. The molecule has 1 N–H and O–H groups in total. The number of benzene rings is 1. The van der Waals surface area contributed by atoms with Crippen LogP contribution < -0.4 is 5.32 Å². The first-order valence-corrected chi connectivity index (χ1v) is 8.76. The molecule has 0 radical (unpaired) electrons. The van der Waals surface area contributed by atoms with Crippen molar-refractivity contribution >= 4 is 11.6 Å². The van der Waals surface area contributed by atoms with Crippen LogP contribution in [0.25, 0.3) is 0 Å². The molecule has 1 aromatic carbocycles. The van der Waals surface area contributed by atoms with E-state index in [0.29, 0.717) is 0 Å². The third kappa shape index (κ3) is 3.65. The van der Waals surface area contributed by atoms with Crippen molar-refractivity contribution in [2.45, 2.75) is 38.3 Å². The molecule has 0 bridgehead atoms. The Morgan fingerprint density at radius 1 is 1.36 bits per heavy atom.